The summed E-state index contributed by atoms with van der Waals surface area (Å²) in [6, 6.07) is 11.0. The first-order valence-corrected chi connectivity index (χ1v) is 7.35. The van der Waals surface area contributed by atoms with Crippen molar-refractivity contribution in [1.82, 2.24) is 4.90 Å². The van der Waals surface area contributed by atoms with Crippen LogP contribution in [0.5, 0.6) is 0 Å². The Kier molecular flexibility index (Phi) is 5.07. The van der Waals surface area contributed by atoms with Crippen LogP contribution >= 0.6 is 11.3 Å². The molecule has 2 nitrogen and oxygen atoms in total. The van der Waals surface area contributed by atoms with E-state index in [4.69, 9.17) is 5.73 Å². The van der Waals surface area contributed by atoms with Crippen molar-refractivity contribution in [2.45, 2.75) is 19.5 Å². The third-order valence-corrected chi connectivity index (χ3v) is 4.13. The molecule has 0 aliphatic heterocycles. The van der Waals surface area contributed by atoms with E-state index < -0.39 is 0 Å². The molecule has 0 amide bonds. The van der Waals surface area contributed by atoms with Crippen LogP contribution in [0.4, 0.5) is 4.39 Å². The summed E-state index contributed by atoms with van der Waals surface area (Å²) in [6.45, 7) is 4.15. The fourth-order valence-electron chi connectivity index (χ4n) is 2.26. The predicted octanol–water partition coefficient (Wildman–Crippen LogP) is 3.41. The van der Waals surface area contributed by atoms with Gasteiger partial charge in [-0.15, -0.1) is 11.3 Å². The van der Waals surface area contributed by atoms with E-state index in [0.29, 0.717) is 12.1 Å². The van der Waals surface area contributed by atoms with Gasteiger partial charge < -0.3 is 5.73 Å². The average molecular weight is 278 g/mol. The second-order valence-electron chi connectivity index (χ2n) is 4.42. The first-order valence-electron chi connectivity index (χ1n) is 6.47. The van der Waals surface area contributed by atoms with E-state index in [2.05, 4.69) is 23.3 Å². The van der Waals surface area contributed by atoms with Gasteiger partial charge in [0, 0.05) is 23.5 Å². The number of thiophene rings is 1. The minimum atomic E-state index is -0.178. The molecule has 0 fully saturated rings. The van der Waals surface area contributed by atoms with Crippen LogP contribution in [-0.4, -0.2) is 18.0 Å². The van der Waals surface area contributed by atoms with Crippen LogP contribution in [0.25, 0.3) is 0 Å². The zero-order chi connectivity index (χ0) is 13.7. The summed E-state index contributed by atoms with van der Waals surface area (Å²) >= 11 is 1.72. The molecular weight excluding hydrogens is 259 g/mol. The Morgan fingerprint density at radius 1 is 1.26 bits per heavy atom. The molecule has 2 N–H and O–H groups in total. The summed E-state index contributed by atoms with van der Waals surface area (Å²) in [5.74, 6) is -0.178. The van der Waals surface area contributed by atoms with Crippen LogP contribution in [0.15, 0.2) is 41.8 Å². The lowest BCUT2D eigenvalue weighted by molar-refractivity contribution is 0.201. The van der Waals surface area contributed by atoms with Crippen LogP contribution in [0.2, 0.25) is 0 Å². The van der Waals surface area contributed by atoms with Crippen LogP contribution in [0.1, 0.15) is 23.4 Å². The zero-order valence-electron chi connectivity index (χ0n) is 11.1. The van der Waals surface area contributed by atoms with Crippen molar-refractivity contribution in [3.63, 3.8) is 0 Å². The van der Waals surface area contributed by atoms with Gasteiger partial charge in [-0.05, 0) is 24.1 Å². The largest absolute Gasteiger partial charge is 0.329 e. The van der Waals surface area contributed by atoms with Gasteiger partial charge in [-0.1, -0.05) is 31.2 Å². The van der Waals surface area contributed by atoms with Gasteiger partial charge in [0.2, 0.25) is 0 Å². The van der Waals surface area contributed by atoms with Crippen LogP contribution < -0.4 is 5.73 Å². The Morgan fingerprint density at radius 3 is 2.63 bits per heavy atom. The number of hydrogen-bond acceptors (Lipinski definition) is 3. The van der Waals surface area contributed by atoms with E-state index in [-0.39, 0.29) is 11.9 Å². The predicted molar refractivity (Wildman–Crippen MR) is 78.6 cm³/mol. The Labute approximate surface area is 117 Å². The Bertz CT molecular complexity index is 499. The highest BCUT2D eigenvalue weighted by Crippen LogP contribution is 2.25. The highest BCUT2D eigenvalue weighted by molar-refractivity contribution is 7.09. The summed E-state index contributed by atoms with van der Waals surface area (Å²) in [5.41, 5.74) is 6.56. The van der Waals surface area contributed by atoms with E-state index in [1.54, 1.807) is 17.4 Å². The molecule has 0 bridgehead atoms. The van der Waals surface area contributed by atoms with Gasteiger partial charge in [-0.25, -0.2) is 4.39 Å². The molecule has 1 aromatic carbocycles. The first kappa shape index (κ1) is 14.2. The Hall–Kier alpha value is -1.23. The van der Waals surface area contributed by atoms with Crippen LogP contribution in [0.3, 0.4) is 0 Å². The summed E-state index contributed by atoms with van der Waals surface area (Å²) in [6.07, 6.45) is 0. The lowest BCUT2D eigenvalue weighted by Crippen LogP contribution is -2.33. The molecule has 0 spiro atoms. The number of rotatable bonds is 6. The fraction of sp³-hybridized carbons (Fsp3) is 0.333. The lowest BCUT2D eigenvalue weighted by atomic mass is 10.0. The van der Waals surface area contributed by atoms with Gasteiger partial charge in [-0.3, -0.25) is 4.90 Å². The second kappa shape index (κ2) is 6.80. The summed E-state index contributed by atoms with van der Waals surface area (Å²) in [7, 11) is 0. The Balaban J connectivity index is 2.21. The smallest absolute Gasteiger partial charge is 0.128 e. The molecule has 4 heteroatoms. The minimum Gasteiger partial charge on any atom is -0.329 e. The maximum atomic E-state index is 13.9. The molecule has 1 aromatic heterocycles. The van der Waals surface area contributed by atoms with Crippen molar-refractivity contribution in [2.24, 2.45) is 5.73 Å². The number of benzene rings is 1. The van der Waals surface area contributed by atoms with Gasteiger partial charge >= 0.3 is 0 Å². The molecule has 0 aliphatic carbocycles. The fourth-order valence-corrected chi connectivity index (χ4v) is 2.99. The minimum absolute atomic E-state index is 0.0756. The standard InChI is InChI=1S/C15H19FN2S/c1-2-18(11-12-6-5-9-19-12)15(10-17)13-7-3-4-8-14(13)16/h3-9,15H,2,10-11,17H2,1H3. The Morgan fingerprint density at radius 2 is 2.05 bits per heavy atom. The topological polar surface area (TPSA) is 29.3 Å². The summed E-state index contributed by atoms with van der Waals surface area (Å²) in [4.78, 5) is 3.49. The number of nitrogens with two attached hydrogens (primary N) is 1. The van der Waals surface area contributed by atoms with E-state index in [1.165, 1.54) is 10.9 Å². The maximum absolute atomic E-state index is 13.9. The lowest BCUT2D eigenvalue weighted by Gasteiger charge is -2.30. The van der Waals surface area contributed by atoms with Gasteiger partial charge in [0.05, 0.1) is 6.04 Å². The molecule has 102 valence electrons. The first-order chi connectivity index (χ1) is 9.26. The average Bonchev–Trinajstić information content (AvgIpc) is 2.93. The van der Waals surface area contributed by atoms with Gasteiger partial charge in [0.25, 0.3) is 0 Å². The molecule has 1 atom stereocenters. The van der Waals surface area contributed by atoms with Crippen molar-refractivity contribution < 1.29 is 4.39 Å². The number of halogens is 1. The highest BCUT2D eigenvalue weighted by Gasteiger charge is 2.20. The monoisotopic (exact) mass is 278 g/mol. The molecule has 19 heavy (non-hydrogen) atoms. The summed E-state index contributed by atoms with van der Waals surface area (Å²) < 4.78 is 13.9. The van der Waals surface area contributed by atoms with Crippen molar-refractivity contribution in [2.75, 3.05) is 13.1 Å². The highest BCUT2D eigenvalue weighted by atomic mass is 32.1. The van der Waals surface area contributed by atoms with E-state index in [1.807, 2.05) is 18.2 Å². The molecule has 2 aromatic rings. The summed E-state index contributed by atoms with van der Waals surface area (Å²) in [5, 5.41) is 2.06. The van der Waals surface area contributed by atoms with Crippen LogP contribution in [0, 0.1) is 5.82 Å². The maximum Gasteiger partial charge on any atom is 0.128 e. The van der Waals surface area contributed by atoms with E-state index in [0.717, 1.165) is 13.1 Å². The third-order valence-electron chi connectivity index (χ3n) is 3.27. The van der Waals surface area contributed by atoms with E-state index >= 15 is 0 Å². The van der Waals surface area contributed by atoms with Gasteiger partial charge in [-0.2, -0.15) is 0 Å². The van der Waals surface area contributed by atoms with E-state index in [9.17, 15) is 4.39 Å². The van der Waals surface area contributed by atoms with Gasteiger partial charge in [0.1, 0.15) is 5.82 Å². The van der Waals surface area contributed by atoms with Gasteiger partial charge in [0.15, 0.2) is 0 Å². The number of likely N-dealkylation sites (N-methyl/N-ethyl adjacent to an activating group) is 1. The normalized spacial score (nSPS) is 12.8. The third kappa shape index (κ3) is 3.41. The second-order valence-corrected chi connectivity index (χ2v) is 5.45. The molecule has 2 rings (SSSR count). The molecule has 0 radical (unpaired) electrons. The molecule has 0 aliphatic rings. The quantitative estimate of drug-likeness (QED) is 0.877. The van der Waals surface area contributed by atoms with Crippen molar-refractivity contribution in [3.05, 3.63) is 58.0 Å². The number of nitrogens with zero attached hydrogens (tertiary/aromatic N) is 1. The number of hydrogen-bond donors (Lipinski definition) is 1. The van der Waals surface area contributed by atoms with Crippen molar-refractivity contribution in [3.8, 4) is 0 Å². The van der Waals surface area contributed by atoms with Crippen molar-refractivity contribution in [1.29, 1.82) is 0 Å². The molecule has 0 saturated heterocycles. The SMILES string of the molecule is CCN(Cc1cccs1)C(CN)c1ccccc1F. The molecule has 1 unspecified atom stereocenters. The van der Waals surface area contributed by atoms with Crippen LogP contribution in [-0.2, 0) is 6.54 Å². The molecule has 0 saturated carbocycles. The molecule has 1 heterocycles. The zero-order valence-corrected chi connectivity index (χ0v) is 11.9. The van der Waals surface area contributed by atoms with Crippen molar-refractivity contribution >= 4 is 11.3 Å². The molecular formula is C15H19FN2S.